The lowest BCUT2D eigenvalue weighted by atomic mass is 10.1. The number of carbonyl (C=O) groups is 1. The molecule has 0 aliphatic heterocycles. The molecule has 2 rings (SSSR count). The van der Waals surface area contributed by atoms with E-state index in [9.17, 15) is 13.2 Å². The van der Waals surface area contributed by atoms with E-state index in [1.54, 1.807) is 49.9 Å². The Bertz CT molecular complexity index is 893. The number of thioether (sulfide) groups is 1. The molecule has 0 spiro atoms. The molecule has 0 aliphatic carbocycles. The molecule has 0 saturated heterocycles. The van der Waals surface area contributed by atoms with Gasteiger partial charge in [-0.3, -0.25) is 9.52 Å². The largest absolute Gasteiger partial charge is 0.322 e. The summed E-state index contributed by atoms with van der Waals surface area (Å²) in [5.74, 6) is -0.176. The number of benzene rings is 2. The third kappa shape index (κ3) is 5.51. The molecule has 0 bridgehead atoms. The molecule has 5 nitrogen and oxygen atoms in total. The minimum atomic E-state index is -3.33. The molecule has 0 aromatic heterocycles. The predicted octanol–water partition coefficient (Wildman–Crippen LogP) is 4.51. The van der Waals surface area contributed by atoms with E-state index in [1.807, 2.05) is 18.2 Å². The maximum Gasteiger partial charge on any atom is 0.256 e. The van der Waals surface area contributed by atoms with Crippen molar-refractivity contribution in [3.63, 3.8) is 0 Å². The third-order valence-electron chi connectivity index (χ3n) is 3.62. The van der Waals surface area contributed by atoms with Crippen LogP contribution in [0.2, 0.25) is 0 Å². The molecule has 7 heteroatoms. The fourth-order valence-corrected chi connectivity index (χ4v) is 3.97. The van der Waals surface area contributed by atoms with E-state index < -0.39 is 10.0 Å². The van der Waals surface area contributed by atoms with Crippen LogP contribution in [0.15, 0.2) is 47.4 Å². The summed E-state index contributed by atoms with van der Waals surface area (Å²) in [5.41, 5.74) is 2.50. The second-order valence-electron chi connectivity index (χ2n) is 6.15. The van der Waals surface area contributed by atoms with E-state index >= 15 is 0 Å². The first-order chi connectivity index (χ1) is 12.2. The van der Waals surface area contributed by atoms with Crippen LogP contribution in [0.5, 0.6) is 0 Å². The van der Waals surface area contributed by atoms with Crippen molar-refractivity contribution in [3.05, 3.63) is 53.6 Å². The van der Waals surface area contributed by atoms with Gasteiger partial charge in [0.2, 0.25) is 10.0 Å². The van der Waals surface area contributed by atoms with Gasteiger partial charge in [0.1, 0.15) is 0 Å². The number of hydrogen-bond acceptors (Lipinski definition) is 4. The summed E-state index contributed by atoms with van der Waals surface area (Å²) in [5, 5.41) is 3.26. The Morgan fingerprint density at radius 1 is 1.15 bits per heavy atom. The van der Waals surface area contributed by atoms with Gasteiger partial charge in [-0.1, -0.05) is 26.0 Å². The minimum absolute atomic E-state index is 0.00916. The number of rotatable bonds is 7. The van der Waals surface area contributed by atoms with Crippen molar-refractivity contribution in [2.24, 2.45) is 0 Å². The van der Waals surface area contributed by atoms with Gasteiger partial charge in [0.05, 0.1) is 17.0 Å². The molecular weight excluding hydrogens is 368 g/mol. The fourth-order valence-electron chi connectivity index (χ4n) is 2.30. The Morgan fingerprint density at radius 3 is 2.46 bits per heavy atom. The molecule has 0 fully saturated rings. The summed E-state index contributed by atoms with van der Waals surface area (Å²) in [6.07, 6.45) is 0. The summed E-state index contributed by atoms with van der Waals surface area (Å²) < 4.78 is 26.0. The smallest absolute Gasteiger partial charge is 0.256 e. The Balaban J connectivity index is 2.19. The van der Waals surface area contributed by atoms with Gasteiger partial charge < -0.3 is 5.32 Å². The summed E-state index contributed by atoms with van der Waals surface area (Å²) in [6.45, 7) is 7.54. The molecule has 2 aromatic carbocycles. The van der Waals surface area contributed by atoms with E-state index in [2.05, 4.69) is 23.9 Å². The highest BCUT2D eigenvalue weighted by Gasteiger charge is 2.14. The van der Waals surface area contributed by atoms with E-state index in [4.69, 9.17) is 0 Å². The van der Waals surface area contributed by atoms with Gasteiger partial charge in [-0.25, -0.2) is 8.42 Å². The van der Waals surface area contributed by atoms with Crippen molar-refractivity contribution < 1.29 is 13.2 Å². The van der Waals surface area contributed by atoms with Crippen molar-refractivity contribution in [1.82, 2.24) is 0 Å². The van der Waals surface area contributed by atoms with Gasteiger partial charge in [0.15, 0.2) is 0 Å². The van der Waals surface area contributed by atoms with Gasteiger partial charge >= 0.3 is 0 Å². The number of aryl methyl sites for hydroxylation is 1. The Kier molecular flexibility index (Phi) is 6.72. The zero-order valence-corrected chi connectivity index (χ0v) is 17.0. The number of anilines is 2. The monoisotopic (exact) mass is 392 g/mol. The molecule has 26 heavy (non-hydrogen) atoms. The molecule has 0 saturated carbocycles. The second kappa shape index (κ2) is 8.60. The lowest BCUT2D eigenvalue weighted by Crippen LogP contribution is -2.16. The normalized spacial score (nSPS) is 11.4. The molecule has 140 valence electrons. The van der Waals surface area contributed by atoms with Crippen LogP contribution in [0.4, 0.5) is 11.4 Å². The molecule has 0 aliphatic rings. The highest BCUT2D eigenvalue weighted by molar-refractivity contribution is 8.00. The quantitative estimate of drug-likeness (QED) is 0.680. The van der Waals surface area contributed by atoms with E-state index in [-0.39, 0.29) is 11.7 Å². The van der Waals surface area contributed by atoms with Crippen molar-refractivity contribution in [1.29, 1.82) is 0 Å². The van der Waals surface area contributed by atoms with Crippen molar-refractivity contribution in [2.75, 3.05) is 15.8 Å². The Morgan fingerprint density at radius 2 is 1.85 bits per heavy atom. The molecule has 1 amide bonds. The first kappa shape index (κ1) is 20.3. The van der Waals surface area contributed by atoms with Crippen LogP contribution in [-0.2, 0) is 10.0 Å². The van der Waals surface area contributed by atoms with Crippen LogP contribution in [-0.4, -0.2) is 25.3 Å². The maximum absolute atomic E-state index is 12.7. The molecule has 2 N–H and O–H groups in total. The topological polar surface area (TPSA) is 75.3 Å². The summed E-state index contributed by atoms with van der Waals surface area (Å²) in [4.78, 5) is 13.6. The van der Waals surface area contributed by atoms with Crippen molar-refractivity contribution in [2.45, 2.75) is 37.8 Å². The van der Waals surface area contributed by atoms with Crippen LogP contribution >= 0.6 is 11.8 Å². The van der Waals surface area contributed by atoms with Gasteiger partial charge in [-0.15, -0.1) is 11.8 Å². The minimum Gasteiger partial charge on any atom is -0.322 e. The van der Waals surface area contributed by atoms with Gasteiger partial charge in [0, 0.05) is 15.8 Å². The first-order valence-electron chi connectivity index (χ1n) is 8.40. The third-order valence-corrected chi connectivity index (χ3v) is 6.00. The standard InChI is InChI=1S/C19H24N2O3S2/c1-5-26(23,24)21-17-11-10-15(12-14(17)4)20-19(22)16-8-6-7-9-18(16)25-13(2)3/h6-13,21H,5H2,1-4H3,(H,20,22). The number of carbonyl (C=O) groups excluding carboxylic acids is 1. The van der Waals surface area contributed by atoms with Crippen molar-refractivity contribution >= 4 is 39.1 Å². The van der Waals surface area contributed by atoms with E-state index in [0.717, 1.165) is 10.5 Å². The number of amides is 1. The van der Waals surface area contributed by atoms with Crippen molar-refractivity contribution in [3.8, 4) is 0 Å². The SMILES string of the molecule is CCS(=O)(=O)Nc1ccc(NC(=O)c2ccccc2SC(C)C)cc1C. The lowest BCUT2D eigenvalue weighted by Gasteiger charge is -2.13. The number of nitrogens with one attached hydrogen (secondary N) is 2. The zero-order valence-electron chi connectivity index (χ0n) is 15.4. The maximum atomic E-state index is 12.7. The summed E-state index contributed by atoms with van der Waals surface area (Å²) in [7, 11) is -3.33. The molecule has 0 unspecified atom stereocenters. The average molecular weight is 393 g/mol. The Hall–Kier alpha value is -1.99. The fraction of sp³-hybridized carbons (Fsp3) is 0.316. The lowest BCUT2D eigenvalue weighted by molar-refractivity contribution is 0.102. The van der Waals surface area contributed by atoms with Crippen LogP contribution in [0.3, 0.4) is 0 Å². The molecule has 0 heterocycles. The second-order valence-corrected chi connectivity index (χ2v) is 9.78. The van der Waals surface area contributed by atoms with Gasteiger partial charge in [-0.2, -0.15) is 0 Å². The highest BCUT2D eigenvalue weighted by Crippen LogP contribution is 2.28. The van der Waals surface area contributed by atoms with E-state index in [0.29, 0.717) is 22.2 Å². The number of sulfonamides is 1. The molecule has 0 atom stereocenters. The Labute approximate surface area is 159 Å². The first-order valence-corrected chi connectivity index (χ1v) is 10.9. The van der Waals surface area contributed by atoms with Crippen LogP contribution in [0.25, 0.3) is 0 Å². The molecular formula is C19H24N2O3S2. The van der Waals surface area contributed by atoms with Gasteiger partial charge in [-0.05, 0) is 49.7 Å². The predicted molar refractivity (Wildman–Crippen MR) is 110 cm³/mol. The van der Waals surface area contributed by atoms with E-state index in [1.165, 1.54) is 0 Å². The zero-order chi connectivity index (χ0) is 19.3. The van der Waals surface area contributed by atoms with Crippen LogP contribution in [0.1, 0.15) is 36.7 Å². The summed E-state index contributed by atoms with van der Waals surface area (Å²) >= 11 is 1.64. The molecule has 2 aromatic rings. The van der Waals surface area contributed by atoms with Crippen LogP contribution < -0.4 is 10.0 Å². The van der Waals surface area contributed by atoms with Gasteiger partial charge in [0.25, 0.3) is 5.91 Å². The summed E-state index contributed by atoms with van der Waals surface area (Å²) in [6, 6.07) is 12.6. The highest BCUT2D eigenvalue weighted by atomic mass is 32.2. The average Bonchev–Trinajstić information content (AvgIpc) is 2.57. The molecule has 0 radical (unpaired) electrons. The van der Waals surface area contributed by atoms with Crippen LogP contribution in [0, 0.1) is 6.92 Å². The number of hydrogen-bond donors (Lipinski definition) is 2.